The first-order chi connectivity index (χ1) is 9.76. The fourth-order valence-corrected chi connectivity index (χ4v) is 4.63. The van der Waals surface area contributed by atoms with Gasteiger partial charge in [0, 0.05) is 11.3 Å². The number of benzene rings is 1. The number of hydrogen-bond acceptors (Lipinski definition) is 2. The summed E-state index contributed by atoms with van der Waals surface area (Å²) in [5.74, 6) is 1.52. The van der Waals surface area contributed by atoms with E-state index in [4.69, 9.17) is 16.6 Å². The summed E-state index contributed by atoms with van der Waals surface area (Å²) >= 11 is 8.17. The third-order valence-corrected chi connectivity index (χ3v) is 5.80. The molecule has 1 aromatic heterocycles. The topological polar surface area (TPSA) is 17.8 Å². The smallest absolute Gasteiger partial charge is 0.125 e. The first-order valence-electron chi connectivity index (χ1n) is 7.31. The van der Waals surface area contributed by atoms with Gasteiger partial charge in [0.05, 0.1) is 16.9 Å². The molecule has 108 valence electrons. The standard InChI is InChI=1S/C16H21ClN2S/c1-11-6-5-7-12-16(11)19(15(10-17)18-12)13-8-3-4-9-14(13)20-2/h5-7,13-14H,3-4,8-10H2,1-2H3. The summed E-state index contributed by atoms with van der Waals surface area (Å²) in [4.78, 5) is 4.76. The highest BCUT2D eigenvalue weighted by molar-refractivity contribution is 7.99. The maximum atomic E-state index is 6.18. The molecule has 20 heavy (non-hydrogen) atoms. The van der Waals surface area contributed by atoms with E-state index in [1.165, 1.54) is 36.8 Å². The monoisotopic (exact) mass is 308 g/mol. The van der Waals surface area contributed by atoms with E-state index in [9.17, 15) is 0 Å². The van der Waals surface area contributed by atoms with Gasteiger partial charge in [-0.15, -0.1) is 11.6 Å². The van der Waals surface area contributed by atoms with Gasteiger partial charge in [-0.25, -0.2) is 4.98 Å². The van der Waals surface area contributed by atoms with Gasteiger partial charge in [-0.1, -0.05) is 25.0 Å². The van der Waals surface area contributed by atoms with Crippen molar-refractivity contribution in [1.82, 2.24) is 9.55 Å². The van der Waals surface area contributed by atoms with Crippen molar-refractivity contribution in [3.8, 4) is 0 Å². The molecule has 2 aromatic rings. The van der Waals surface area contributed by atoms with Gasteiger partial charge in [0.25, 0.3) is 0 Å². The second kappa shape index (κ2) is 5.98. The normalized spacial score (nSPS) is 23.4. The average molecular weight is 309 g/mol. The number of rotatable bonds is 3. The quantitative estimate of drug-likeness (QED) is 0.748. The van der Waals surface area contributed by atoms with Crippen LogP contribution in [-0.4, -0.2) is 21.1 Å². The fraction of sp³-hybridized carbons (Fsp3) is 0.562. The van der Waals surface area contributed by atoms with Gasteiger partial charge in [0.15, 0.2) is 0 Å². The predicted octanol–water partition coefficient (Wildman–Crippen LogP) is 4.93. The molecule has 2 atom stereocenters. The van der Waals surface area contributed by atoms with Crippen LogP contribution in [0.1, 0.15) is 43.1 Å². The molecule has 2 nitrogen and oxygen atoms in total. The van der Waals surface area contributed by atoms with Crippen LogP contribution in [0.5, 0.6) is 0 Å². The predicted molar refractivity (Wildman–Crippen MR) is 88.8 cm³/mol. The van der Waals surface area contributed by atoms with Gasteiger partial charge < -0.3 is 4.57 Å². The summed E-state index contributed by atoms with van der Waals surface area (Å²) in [5.41, 5.74) is 3.68. The zero-order chi connectivity index (χ0) is 14.1. The number of halogens is 1. The van der Waals surface area contributed by atoms with E-state index in [1.54, 1.807) is 0 Å². The SMILES string of the molecule is CSC1CCCCC1n1c(CCl)nc2cccc(C)c21. The average Bonchev–Trinajstić information content (AvgIpc) is 2.87. The van der Waals surface area contributed by atoms with Crippen LogP contribution in [0.2, 0.25) is 0 Å². The van der Waals surface area contributed by atoms with Crippen molar-refractivity contribution < 1.29 is 0 Å². The van der Waals surface area contributed by atoms with Gasteiger partial charge in [-0.2, -0.15) is 11.8 Å². The number of aryl methyl sites for hydroxylation is 1. The fourth-order valence-electron chi connectivity index (χ4n) is 3.47. The zero-order valence-electron chi connectivity index (χ0n) is 12.1. The minimum Gasteiger partial charge on any atom is -0.323 e. The largest absolute Gasteiger partial charge is 0.323 e. The van der Waals surface area contributed by atoms with E-state index >= 15 is 0 Å². The molecule has 0 N–H and O–H groups in total. The lowest BCUT2D eigenvalue weighted by molar-refractivity contribution is 0.365. The van der Waals surface area contributed by atoms with E-state index in [1.807, 2.05) is 11.8 Å². The van der Waals surface area contributed by atoms with Gasteiger partial charge in [-0.05, 0) is 37.7 Å². The Morgan fingerprint density at radius 2 is 2.15 bits per heavy atom. The van der Waals surface area contributed by atoms with Crippen LogP contribution in [0, 0.1) is 6.92 Å². The van der Waals surface area contributed by atoms with E-state index in [-0.39, 0.29) is 0 Å². The summed E-state index contributed by atoms with van der Waals surface area (Å²) in [6.07, 6.45) is 7.45. The summed E-state index contributed by atoms with van der Waals surface area (Å²) in [6.45, 7) is 2.18. The van der Waals surface area contributed by atoms with Gasteiger partial charge in [0.2, 0.25) is 0 Å². The zero-order valence-corrected chi connectivity index (χ0v) is 13.7. The molecule has 1 aliphatic rings. The van der Waals surface area contributed by atoms with E-state index < -0.39 is 0 Å². The molecular formula is C16H21ClN2S. The maximum absolute atomic E-state index is 6.18. The lowest BCUT2D eigenvalue weighted by atomic mass is 9.94. The van der Waals surface area contributed by atoms with Crippen molar-refractivity contribution in [3.05, 3.63) is 29.6 Å². The summed E-state index contributed by atoms with van der Waals surface area (Å²) in [5, 5.41) is 0.683. The minimum atomic E-state index is 0.492. The molecule has 1 aliphatic carbocycles. The van der Waals surface area contributed by atoms with Gasteiger partial charge in [-0.3, -0.25) is 0 Å². The van der Waals surface area contributed by atoms with Crippen molar-refractivity contribution in [3.63, 3.8) is 0 Å². The molecule has 0 saturated heterocycles. The van der Waals surface area contributed by atoms with Crippen LogP contribution < -0.4 is 0 Å². The third-order valence-electron chi connectivity index (χ3n) is 4.41. The van der Waals surface area contributed by atoms with Crippen molar-refractivity contribution in [2.75, 3.05) is 6.26 Å². The van der Waals surface area contributed by atoms with Crippen molar-refractivity contribution in [2.45, 2.75) is 49.8 Å². The molecule has 3 rings (SSSR count). The molecule has 0 radical (unpaired) electrons. The van der Waals surface area contributed by atoms with Crippen LogP contribution in [0.15, 0.2) is 18.2 Å². The molecule has 1 aromatic carbocycles. The van der Waals surface area contributed by atoms with Gasteiger partial charge >= 0.3 is 0 Å². The summed E-state index contributed by atoms with van der Waals surface area (Å²) in [6, 6.07) is 6.90. The number of hydrogen-bond donors (Lipinski definition) is 0. The Hall–Kier alpha value is -0.670. The highest BCUT2D eigenvalue weighted by atomic mass is 35.5. The lowest BCUT2D eigenvalue weighted by Gasteiger charge is -2.33. The summed E-state index contributed by atoms with van der Waals surface area (Å²) < 4.78 is 2.44. The molecule has 0 spiro atoms. The second-order valence-corrected chi connectivity index (χ2v) is 6.94. The van der Waals surface area contributed by atoms with Crippen LogP contribution in [0.3, 0.4) is 0 Å². The molecule has 0 amide bonds. The number of imidazole rings is 1. The Balaban J connectivity index is 2.17. The Bertz CT molecular complexity index is 608. The van der Waals surface area contributed by atoms with Crippen LogP contribution in [-0.2, 0) is 5.88 Å². The maximum Gasteiger partial charge on any atom is 0.125 e. The highest BCUT2D eigenvalue weighted by Gasteiger charge is 2.29. The molecule has 1 fully saturated rings. The van der Waals surface area contributed by atoms with Crippen LogP contribution in [0.25, 0.3) is 11.0 Å². The number of thioether (sulfide) groups is 1. The second-order valence-electron chi connectivity index (χ2n) is 5.60. The number of nitrogens with zero attached hydrogens (tertiary/aromatic N) is 2. The molecule has 2 unspecified atom stereocenters. The van der Waals surface area contributed by atoms with E-state index in [0.717, 1.165) is 11.3 Å². The first kappa shape index (κ1) is 14.3. The van der Waals surface area contributed by atoms with Gasteiger partial charge in [0.1, 0.15) is 5.82 Å². The molecular weight excluding hydrogens is 288 g/mol. The Morgan fingerprint density at radius 3 is 2.90 bits per heavy atom. The van der Waals surface area contributed by atoms with E-state index in [2.05, 4.69) is 35.9 Å². The highest BCUT2D eigenvalue weighted by Crippen LogP contribution is 2.39. The Labute approximate surface area is 129 Å². The number of alkyl halides is 1. The van der Waals surface area contributed by atoms with Crippen LogP contribution in [0.4, 0.5) is 0 Å². The van der Waals surface area contributed by atoms with Crippen LogP contribution >= 0.6 is 23.4 Å². The number of aromatic nitrogens is 2. The Morgan fingerprint density at radius 1 is 1.35 bits per heavy atom. The molecule has 1 heterocycles. The number of fused-ring (bicyclic) bond motifs is 1. The Kier molecular flexibility index (Phi) is 4.27. The number of para-hydroxylation sites is 1. The molecule has 1 saturated carbocycles. The van der Waals surface area contributed by atoms with E-state index in [0.29, 0.717) is 17.2 Å². The minimum absolute atomic E-state index is 0.492. The van der Waals surface area contributed by atoms with Crippen molar-refractivity contribution >= 4 is 34.4 Å². The molecule has 0 bridgehead atoms. The first-order valence-corrected chi connectivity index (χ1v) is 9.13. The lowest BCUT2D eigenvalue weighted by Crippen LogP contribution is -2.26. The molecule has 4 heteroatoms. The molecule has 0 aliphatic heterocycles. The van der Waals surface area contributed by atoms with Crippen molar-refractivity contribution in [1.29, 1.82) is 0 Å². The third kappa shape index (κ3) is 2.35. The van der Waals surface area contributed by atoms with Crippen molar-refractivity contribution in [2.24, 2.45) is 0 Å². The summed E-state index contributed by atoms with van der Waals surface area (Å²) in [7, 11) is 0.